The van der Waals surface area contributed by atoms with E-state index in [4.69, 9.17) is 4.74 Å². The monoisotopic (exact) mass is 358 g/mol. The first-order valence-corrected chi connectivity index (χ1v) is 7.99. The van der Waals surface area contributed by atoms with Crippen molar-refractivity contribution in [2.45, 2.75) is 13.5 Å². The molecule has 0 N–H and O–H groups in total. The maximum Gasteiger partial charge on any atom is 0.320 e. The van der Waals surface area contributed by atoms with Crippen LogP contribution < -0.4 is 15.9 Å². The van der Waals surface area contributed by atoms with Gasteiger partial charge >= 0.3 is 11.1 Å². The summed E-state index contributed by atoms with van der Waals surface area (Å²) in [6.45, 7) is 2.36. The second-order valence-electron chi connectivity index (χ2n) is 5.58. The first-order chi connectivity index (χ1) is 12.5. The molecular formula is C19H16F2N2O3. The second-order valence-corrected chi connectivity index (χ2v) is 5.58. The third-order valence-electron chi connectivity index (χ3n) is 3.82. The smallest absolute Gasteiger partial charge is 0.320 e. The molecule has 0 radical (unpaired) electrons. The molecule has 0 aliphatic carbocycles. The van der Waals surface area contributed by atoms with E-state index in [0.29, 0.717) is 23.6 Å². The summed E-state index contributed by atoms with van der Waals surface area (Å²) in [6, 6.07) is 10.1. The molecule has 3 aromatic rings. The predicted octanol–water partition coefficient (Wildman–Crippen LogP) is 2.72. The van der Waals surface area contributed by atoms with E-state index in [2.05, 4.69) is 0 Å². The minimum absolute atomic E-state index is 0.0324. The van der Waals surface area contributed by atoms with Crippen molar-refractivity contribution >= 4 is 0 Å². The van der Waals surface area contributed by atoms with E-state index in [1.54, 1.807) is 24.3 Å². The Bertz CT molecular complexity index is 1040. The van der Waals surface area contributed by atoms with E-state index in [0.717, 1.165) is 16.7 Å². The minimum Gasteiger partial charge on any atom is -0.494 e. The molecule has 0 bridgehead atoms. The van der Waals surface area contributed by atoms with E-state index in [9.17, 15) is 18.4 Å². The fourth-order valence-electron chi connectivity index (χ4n) is 2.54. The molecule has 0 aliphatic heterocycles. The van der Waals surface area contributed by atoms with Gasteiger partial charge in [0.15, 0.2) is 11.6 Å². The lowest BCUT2D eigenvalue weighted by Crippen LogP contribution is -2.40. The lowest BCUT2D eigenvalue weighted by molar-refractivity contribution is 0.340. The third kappa shape index (κ3) is 3.56. The topological polar surface area (TPSA) is 53.2 Å². The first kappa shape index (κ1) is 17.6. The van der Waals surface area contributed by atoms with Crippen LogP contribution in [0.1, 0.15) is 12.5 Å². The Labute approximate surface area is 147 Å². The van der Waals surface area contributed by atoms with Crippen molar-refractivity contribution in [1.29, 1.82) is 0 Å². The molecule has 1 heterocycles. The molecule has 0 saturated carbocycles. The highest BCUT2D eigenvalue weighted by molar-refractivity contribution is 5.37. The van der Waals surface area contributed by atoms with Gasteiger partial charge in [-0.1, -0.05) is 6.07 Å². The SMILES string of the molecule is CCOc1ccc(-n2ccn(Cc3ccc(F)c(F)c3)c(=O)c2=O)cc1. The van der Waals surface area contributed by atoms with Crippen molar-refractivity contribution in [2.24, 2.45) is 0 Å². The van der Waals surface area contributed by atoms with E-state index >= 15 is 0 Å². The van der Waals surface area contributed by atoms with Crippen LogP contribution in [-0.2, 0) is 6.54 Å². The van der Waals surface area contributed by atoms with Crippen molar-refractivity contribution in [3.63, 3.8) is 0 Å². The van der Waals surface area contributed by atoms with Crippen molar-refractivity contribution < 1.29 is 13.5 Å². The molecule has 0 spiro atoms. The lowest BCUT2D eigenvalue weighted by Gasteiger charge is -2.10. The number of aromatic nitrogens is 2. The summed E-state index contributed by atoms with van der Waals surface area (Å²) in [4.78, 5) is 24.7. The Kier molecular flexibility index (Phi) is 4.97. The Morgan fingerprint density at radius 3 is 2.31 bits per heavy atom. The molecule has 26 heavy (non-hydrogen) atoms. The summed E-state index contributed by atoms with van der Waals surface area (Å²) in [7, 11) is 0. The van der Waals surface area contributed by atoms with Gasteiger partial charge in [0.25, 0.3) is 0 Å². The number of hydrogen-bond donors (Lipinski definition) is 0. The molecule has 0 atom stereocenters. The van der Waals surface area contributed by atoms with Crippen LogP contribution in [0.4, 0.5) is 8.78 Å². The first-order valence-electron chi connectivity index (χ1n) is 7.99. The van der Waals surface area contributed by atoms with Crippen molar-refractivity contribution in [2.75, 3.05) is 6.61 Å². The van der Waals surface area contributed by atoms with E-state index in [1.807, 2.05) is 6.92 Å². The van der Waals surface area contributed by atoms with Gasteiger partial charge in [-0.15, -0.1) is 0 Å². The summed E-state index contributed by atoms with van der Waals surface area (Å²) in [6.07, 6.45) is 2.89. The quantitative estimate of drug-likeness (QED) is 0.659. The molecule has 0 aliphatic rings. The lowest BCUT2D eigenvalue weighted by atomic mass is 10.2. The van der Waals surface area contributed by atoms with Crippen molar-refractivity contribution in [3.05, 3.63) is 92.8 Å². The number of rotatable bonds is 5. The Morgan fingerprint density at radius 1 is 0.923 bits per heavy atom. The molecule has 1 aromatic heterocycles. The van der Waals surface area contributed by atoms with E-state index in [-0.39, 0.29) is 6.54 Å². The van der Waals surface area contributed by atoms with Gasteiger partial charge in [-0.25, -0.2) is 8.78 Å². The molecule has 0 saturated heterocycles. The minimum atomic E-state index is -1.00. The van der Waals surface area contributed by atoms with Gasteiger partial charge in [0.1, 0.15) is 5.75 Å². The van der Waals surface area contributed by atoms with Gasteiger partial charge < -0.3 is 9.30 Å². The molecule has 5 nitrogen and oxygen atoms in total. The summed E-state index contributed by atoms with van der Waals surface area (Å²) in [5, 5.41) is 0. The van der Waals surface area contributed by atoms with Crippen LogP contribution in [0.2, 0.25) is 0 Å². The highest BCUT2D eigenvalue weighted by Crippen LogP contribution is 2.14. The zero-order chi connectivity index (χ0) is 18.7. The number of ether oxygens (including phenoxy) is 1. The fourth-order valence-corrected chi connectivity index (χ4v) is 2.54. The molecule has 0 fully saturated rings. The summed E-state index contributed by atoms with van der Waals surface area (Å²) < 4.78 is 34.0. The Balaban J connectivity index is 1.92. The number of benzene rings is 2. The molecular weight excluding hydrogens is 342 g/mol. The average Bonchev–Trinajstić information content (AvgIpc) is 2.63. The number of hydrogen-bond acceptors (Lipinski definition) is 3. The maximum absolute atomic E-state index is 13.3. The van der Waals surface area contributed by atoms with Crippen LogP contribution in [0, 0.1) is 11.6 Å². The van der Waals surface area contributed by atoms with Gasteiger partial charge in [-0.3, -0.25) is 14.2 Å². The highest BCUT2D eigenvalue weighted by Gasteiger charge is 2.09. The summed E-state index contributed by atoms with van der Waals surface area (Å²) in [5.74, 6) is -1.30. The van der Waals surface area contributed by atoms with Crippen LogP contribution in [-0.4, -0.2) is 15.7 Å². The van der Waals surface area contributed by atoms with Crippen LogP contribution in [0.15, 0.2) is 64.4 Å². The molecule has 7 heteroatoms. The van der Waals surface area contributed by atoms with Crippen LogP contribution in [0.25, 0.3) is 5.69 Å². The predicted molar refractivity (Wildman–Crippen MR) is 92.9 cm³/mol. The molecule has 3 rings (SSSR count). The maximum atomic E-state index is 13.3. The van der Waals surface area contributed by atoms with Crippen LogP contribution in [0.3, 0.4) is 0 Å². The Morgan fingerprint density at radius 2 is 1.65 bits per heavy atom. The van der Waals surface area contributed by atoms with Gasteiger partial charge in [0.05, 0.1) is 13.2 Å². The zero-order valence-corrected chi connectivity index (χ0v) is 14.0. The standard InChI is InChI=1S/C19H16F2N2O3/c1-2-26-15-6-4-14(5-7-15)23-10-9-22(18(24)19(23)25)12-13-3-8-16(20)17(21)11-13/h3-11H,2,12H2,1H3. The van der Waals surface area contributed by atoms with Gasteiger partial charge in [-0.05, 0) is 48.9 Å². The summed E-state index contributed by atoms with van der Waals surface area (Å²) in [5.41, 5.74) is -0.592. The van der Waals surface area contributed by atoms with Crippen molar-refractivity contribution in [1.82, 2.24) is 9.13 Å². The van der Waals surface area contributed by atoms with Crippen LogP contribution in [0.5, 0.6) is 5.75 Å². The molecule has 0 unspecified atom stereocenters. The largest absolute Gasteiger partial charge is 0.494 e. The normalized spacial score (nSPS) is 10.7. The number of nitrogens with zero attached hydrogens (tertiary/aromatic N) is 2. The third-order valence-corrected chi connectivity index (χ3v) is 3.82. The van der Waals surface area contributed by atoms with Crippen LogP contribution >= 0.6 is 0 Å². The number of halogens is 2. The van der Waals surface area contributed by atoms with Gasteiger partial charge in [-0.2, -0.15) is 0 Å². The molecule has 134 valence electrons. The zero-order valence-electron chi connectivity index (χ0n) is 14.0. The Hall–Kier alpha value is -3.22. The summed E-state index contributed by atoms with van der Waals surface area (Å²) >= 11 is 0. The second kappa shape index (κ2) is 7.35. The van der Waals surface area contributed by atoms with Gasteiger partial charge in [0.2, 0.25) is 0 Å². The van der Waals surface area contributed by atoms with E-state index < -0.39 is 22.8 Å². The fraction of sp³-hybridized carbons (Fsp3) is 0.158. The highest BCUT2D eigenvalue weighted by atomic mass is 19.2. The average molecular weight is 358 g/mol. The van der Waals surface area contributed by atoms with Gasteiger partial charge in [0, 0.05) is 18.1 Å². The van der Waals surface area contributed by atoms with E-state index in [1.165, 1.54) is 23.0 Å². The van der Waals surface area contributed by atoms with Crippen molar-refractivity contribution in [3.8, 4) is 11.4 Å². The molecule has 0 amide bonds. The molecule has 2 aromatic carbocycles.